The molecule has 1 heterocycles. The quantitative estimate of drug-likeness (QED) is 0.845. The van der Waals surface area contributed by atoms with Crippen LogP contribution in [0, 0.1) is 11.7 Å². The Kier molecular flexibility index (Phi) is 5.71. The summed E-state index contributed by atoms with van der Waals surface area (Å²) in [6.07, 6.45) is 2.42. The number of carbonyl (C=O) groups excluding carboxylic acids is 1. The van der Waals surface area contributed by atoms with E-state index in [1.165, 1.54) is 12.3 Å². The number of halogens is 1. The van der Waals surface area contributed by atoms with E-state index in [4.69, 9.17) is 4.74 Å². The van der Waals surface area contributed by atoms with Gasteiger partial charge in [0.25, 0.3) is 5.91 Å². The van der Waals surface area contributed by atoms with E-state index in [2.05, 4.69) is 10.3 Å². The van der Waals surface area contributed by atoms with Crippen molar-refractivity contribution < 1.29 is 13.9 Å². The monoisotopic (exact) mass is 254 g/mol. The third-order valence-electron chi connectivity index (χ3n) is 2.64. The third kappa shape index (κ3) is 4.07. The predicted molar refractivity (Wildman–Crippen MR) is 66.8 cm³/mol. The molecule has 1 rings (SSSR count). The topological polar surface area (TPSA) is 51.2 Å². The number of aromatic nitrogens is 1. The molecular formula is C13H19FN2O2. The van der Waals surface area contributed by atoms with E-state index < -0.39 is 11.7 Å². The predicted octanol–water partition coefficient (Wildman–Crippen LogP) is 2.01. The molecule has 1 unspecified atom stereocenters. The van der Waals surface area contributed by atoms with Gasteiger partial charge in [0.05, 0.1) is 24.4 Å². The summed E-state index contributed by atoms with van der Waals surface area (Å²) < 4.78 is 18.7. The highest BCUT2D eigenvalue weighted by atomic mass is 19.1. The summed E-state index contributed by atoms with van der Waals surface area (Å²) >= 11 is 0. The van der Waals surface area contributed by atoms with E-state index in [1.54, 1.807) is 0 Å². The number of carbonyl (C=O) groups is 1. The minimum absolute atomic E-state index is 0.00662. The molecule has 1 N–H and O–H groups in total. The van der Waals surface area contributed by atoms with E-state index in [9.17, 15) is 9.18 Å². The molecule has 0 fully saturated rings. The largest absolute Gasteiger partial charge is 0.380 e. The Balaban J connectivity index is 2.69. The van der Waals surface area contributed by atoms with Crippen LogP contribution >= 0.6 is 0 Å². The van der Waals surface area contributed by atoms with Gasteiger partial charge in [-0.15, -0.1) is 0 Å². The van der Waals surface area contributed by atoms with E-state index in [-0.39, 0.29) is 17.5 Å². The molecular weight excluding hydrogens is 235 g/mol. The number of hydrogen-bond acceptors (Lipinski definition) is 3. The highest BCUT2D eigenvalue weighted by Gasteiger charge is 2.19. The minimum atomic E-state index is -0.617. The van der Waals surface area contributed by atoms with Crippen LogP contribution in [0.5, 0.6) is 0 Å². The minimum Gasteiger partial charge on any atom is -0.380 e. The van der Waals surface area contributed by atoms with E-state index >= 15 is 0 Å². The smallest absolute Gasteiger partial charge is 0.254 e. The molecule has 100 valence electrons. The molecule has 0 aliphatic carbocycles. The standard InChI is InChI=1S/C13H19FN2O2/c1-4-18-8-12(9(2)3)16-13(17)10-5-6-15-7-11(10)14/h5-7,9,12H,4,8H2,1-3H3,(H,16,17). The Labute approximate surface area is 107 Å². The third-order valence-corrected chi connectivity index (χ3v) is 2.64. The van der Waals surface area contributed by atoms with Crippen molar-refractivity contribution in [1.29, 1.82) is 0 Å². The Bertz CT molecular complexity index is 396. The maximum atomic E-state index is 13.4. The van der Waals surface area contributed by atoms with Crippen LogP contribution in [0.25, 0.3) is 0 Å². The zero-order valence-electron chi connectivity index (χ0n) is 10.9. The molecule has 1 atom stereocenters. The molecule has 4 nitrogen and oxygen atoms in total. The number of ether oxygens (including phenoxy) is 1. The summed E-state index contributed by atoms with van der Waals surface area (Å²) in [5, 5.41) is 2.78. The number of nitrogens with one attached hydrogen (secondary N) is 1. The zero-order chi connectivity index (χ0) is 13.5. The van der Waals surface area contributed by atoms with Gasteiger partial charge in [0, 0.05) is 12.8 Å². The van der Waals surface area contributed by atoms with Crippen molar-refractivity contribution in [3.05, 3.63) is 29.8 Å². The summed E-state index contributed by atoms with van der Waals surface area (Å²) in [6.45, 7) is 6.86. The van der Waals surface area contributed by atoms with Crippen LogP contribution < -0.4 is 5.32 Å². The zero-order valence-corrected chi connectivity index (χ0v) is 10.9. The van der Waals surface area contributed by atoms with Crippen molar-refractivity contribution in [2.45, 2.75) is 26.8 Å². The number of pyridine rings is 1. The van der Waals surface area contributed by atoms with Crippen LogP contribution in [0.2, 0.25) is 0 Å². The van der Waals surface area contributed by atoms with Gasteiger partial charge in [-0.25, -0.2) is 4.39 Å². The molecule has 1 aromatic rings. The highest BCUT2D eigenvalue weighted by Crippen LogP contribution is 2.07. The number of nitrogens with zero attached hydrogens (tertiary/aromatic N) is 1. The van der Waals surface area contributed by atoms with Crippen LogP contribution in [0.1, 0.15) is 31.1 Å². The van der Waals surface area contributed by atoms with Crippen LogP contribution in [0.15, 0.2) is 18.5 Å². The second-order valence-electron chi connectivity index (χ2n) is 4.34. The van der Waals surface area contributed by atoms with Crippen molar-refractivity contribution in [3.63, 3.8) is 0 Å². The number of rotatable bonds is 6. The highest BCUT2D eigenvalue weighted by molar-refractivity contribution is 5.94. The summed E-state index contributed by atoms with van der Waals surface area (Å²) in [6, 6.07) is 1.23. The molecule has 5 heteroatoms. The van der Waals surface area contributed by atoms with Crippen LogP contribution in [0.4, 0.5) is 4.39 Å². The van der Waals surface area contributed by atoms with Crippen molar-refractivity contribution >= 4 is 5.91 Å². The lowest BCUT2D eigenvalue weighted by Crippen LogP contribution is -2.42. The second kappa shape index (κ2) is 7.06. The summed E-state index contributed by atoms with van der Waals surface area (Å²) in [5.41, 5.74) is 0.00662. The maximum Gasteiger partial charge on any atom is 0.254 e. The Morgan fingerprint density at radius 2 is 2.28 bits per heavy atom. The van der Waals surface area contributed by atoms with E-state index in [0.717, 1.165) is 6.20 Å². The van der Waals surface area contributed by atoms with Gasteiger partial charge in [-0.1, -0.05) is 13.8 Å². The molecule has 1 amide bonds. The number of amides is 1. The lowest BCUT2D eigenvalue weighted by Gasteiger charge is -2.22. The number of hydrogen-bond donors (Lipinski definition) is 1. The summed E-state index contributed by atoms with van der Waals surface area (Å²) in [7, 11) is 0. The maximum absolute atomic E-state index is 13.4. The Morgan fingerprint density at radius 3 is 2.83 bits per heavy atom. The summed E-state index contributed by atoms with van der Waals surface area (Å²) in [4.78, 5) is 15.5. The molecule has 1 aromatic heterocycles. The first kappa shape index (κ1) is 14.6. The van der Waals surface area contributed by atoms with Crippen LogP contribution in [-0.4, -0.2) is 30.1 Å². The van der Waals surface area contributed by atoms with E-state index in [1.807, 2.05) is 20.8 Å². The molecule has 0 aliphatic heterocycles. The summed E-state index contributed by atoms with van der Waals surface area (Å²) in [5.74, 6) is -0.840. The first-order valence-electron chi connectivity index (χ1n) is 6.04. The molecule has 0 aliphatic rings. The van der Waals surface area contributed by atoms with Gasteiger partial charge in [0.15, 0.2) is 5.82 Å². The fraction of sp³-hybridized carbons (Fsp3) is 0.538. The Morgan fingerprint density at radius 1 is 1.56 bits per heavy atom. The molecule has 0 radical (unpaired) electrons. The van der Waals surface area contributed by atoms with E-state index in [0.29, 0.717) is 13.2 Å². The molecule has 18 heavy (non-hydrogen) atoms. The lowest BCUT2D eigenvalue weighted by molar-refractivity contribution is 0.0802. The van der Waals surface area contributed by atoms with Gasteiger partial charge < -0.3 is 10.1 Å². The first-order chi connectivity index (χ1) is 8.56. The first-order valence-corrected chi connectivity index (χ1v) is 6.04. The normalized spacial score (nSPS) is 12.5. The average Bonchev–Trinajstić information content (AvgIpc) is 2.34. The molecule has 0 bridgehead atoms. The van der Waals surface area contributed by atoms with Gasteiger partial charge >= 0.3 is 0 Å². The van der Waals surface area contributed by atoms with Crippen molar-refractivity contribution in [2.24, 2.45) is 5.92 Å². The van der Waals surface area contributed by atoms with Gasteiger partial charge in [-0.05, 0) is 18.9 Å². The van der Waals surface area contributed by atoms with Crippen LogP contribution in [0.3, 0.4) is 0 Å². The molecule has 0 spiro atoms. The average molecular weight is 254 g/mol. The molecule has 0 saturated heterocycles. The lowest BCUT2D eigenvalue weighted by atomic mass is 10.0. The van der Waals surface area contributed by atoms with Gasteiger partial charge in [0.2, 0.25) is 0 Å². The molecule has 0 saturated carbocycles. The van der Waals surface area contributed by atoms with Gasteiger partial charge in [-0.2, -0.15) is 0 Å². The van der Waals surface area contributed by atoms with Crippen molar-refractivity contribution in [2.75, 3.05) is 13.2 Å². The fourth-order valence-corrected chi connectivity index (χ4v) is 1.45. The van der Waals surface area contributed by atoms with Crippen molar-refractivity contribution in [1.82, 2.24) is 10.3 Å². The Hall–Kier alpha value is -1.49. The van der Waals surface area contributed by atoms with Gasteiger partial charge in [0.1, 0.15) is 0 Å². The molecule has 0 aromatic carbocycles. The van der Waals surface area contributed by atoms with Crippen molar-refractivity contribution in [3.8, 4) is 0 Å². The fourth-order valence-electron chi connectivity index (χ4n) is 1.45. The SMILES string of the molecule is CCOCC(NC(=O)c1ccncc1F)C(C)C. The van der Waals surface area contributed by atoms with Crippen LogP contribution in [-0.2, 0) is 4.74 Å². The van der Waals surface area contributed by atoms with Gasteiger partial charge in [-0.3, -0.25) is 9.78 Å². The second-order valence-corrected chi connectivity index (χ2v) is 4.34.